The average molecular weight is 229 g/mol. The van der Waals surface area contributed by atoms with E-state index in [0.717, 1.165) is 0 Å². The molecule has 1 aliphatic heterocycles. The van der Waals surface area contributed by atoms with E-state index < -0.39 is 12.1 Å². The van der Waals surface area contributed by atoms with Gasteiger partial charge < -0.3 is 21.1 Å². The van der Waals surface area contributed by atoms with Gasteiger partial charge in [-0.05, 0) is 20.3 Å². The summed E-state index contributed by atoms with van der Waals surface area (Å²) in [6.07, 6.45) is -0.224. The van der Waals surface area contributed by atoms with Gasteiger partial charge in [0, 0.05) is 13.0 Å². The molecule has 0 saturated carbocycles. The van der Waals surface area contributed by atoms with Gasteiger partial charge in [0.1, 0.15) is 12.2 Å². The molecular weight excluding hydrogens is 210 g/mol. The minimum Gasteiger partial charge on any atom is -0.391 e. The molecule has 16 heavy (non-hydrogen) atoms. The fourth-order valence-corrected chi connectivity index (χ4v) is 1.69. The molecule has 0 aliphatic carbocycles. The smallest absolute Gasteiger partial charge is 0.243 e. The van der Waals surface area contributed by atoms with E-state index in [9.17, 15) is 14.7 Å². The van der Waals surface area contributed by atoms with Crippen LogP contribution >= 0.6 is 0 Å². The Labute approximate surface area is 94.8 Å². The van der Waals surface area contributed by atoms with Crippen LogP contribution in [0.2, 0.25) is 0 Å². The van der Waals surface area contributed by atoms with Gasteiger partial charge in [0.25, 0.3) is 0 Å². The SMILES string of the molecule is CC(O)C(N)C(=O)N1CCCC(=O)NC1C. The van der Waals surface area contributed by atoms with Crippen LogP contribution in [0.3, 0.4) is 0 Å². The Morgan fingerprint density at radius 1 is 1.69 bits per heavy atom. The molecule has 3 unspecified atom stereocenters. The van der Waals surface area contributed by atoms with E-state index in [0.29, 0.717) is 19.4 Å². The number of amides is 2. The first kappa shape index (κ1) is 12.9. The summed E-state index contributed by atoms with van der Waals surface area (Å²) >= 11 is 0. The predicted octanol–water partition coefficient (Wildman–Crippen LogP) is -1.22. The van der Waals surface area contributed by atoms with Crippen molar-refractivity contribution in [3.05, 3.63) is 0 Å². The largest absolute Gasteiger partial charge is 0.391 e. The zero-order valence-electron chi connectivity index (χ0n) is 9.64. The molecular formula is C10H19N3O3. The van der Waals surface area contributed by atoms with Gasteiger partial charge in [0.05, 0.1) is 6.10 Å². The highest BCUT2D eigenvalue weighted by Crippen LogP contribution is 2.08. The molecule has 0 aromatic rings. The number of rotatable bonds is 2. The van der Waals surface area contributed by atoms with Gasteiger partial charge >= 0.3 is 0 Å². The van der Waals surface area contributed by atoms with Crippen LogP contribution in [0.4, 0.5) is 0 Å². The molecule has 6 nitrogen and oxygen atoms in total. The van der Waals surface area contributed by atoms with E-state index in [-0.39, 0.29) is 18.0 Å². The first-order valence-corrected chi connectivity index (χ1v) is 5.47. The lowest BCUT2D eigenvalue weighted by molar-refractivity contribution is -0.137. The third kappa shape index (κ3) is 2.93. The molecule has 1 aliphatic rings. The maximum atomic E-state index is 11.9. The molecule has 6 heteroatoms. The van der Waals surface area contributed by atoms with Gasteiger partial charge in [0.15, 0.2) is 0 Å². The third-order valence-corrected chi connectivity index (χ3v) is 2.73. The summed E-state index contributed by atoms with van der Waals surface area (Å²) in [4.78, 5) is 24.6. The molecule has 1 rings (SSSR count). The van der Waals surface area contributed by atoms with E-state index in [1.54, 1.807) is 6.92 Å². The van der Waals surface area contributed by atoms with Crippen molar-refractivity contribution in [1.82, 2.24) is 10.2 Å². The minimum absolute atomic E-state index is 0.0616. The Kier molecular flexibility index (Phi) is 4.26. The van der Waals surface area contributed by atoms with E-state index in [4.69, 9.17) is 5.73 Å². The Morgan fingerprint density at radius 2 is 2.31 bits per heavy atom. The maximum Gasteiger partial charge on any atom is 0.243 e. The molecule has 0 radical (unpaired) electrons. The first-order chi connectivity index (χ1) is 7.43. The van der Waals surface area contributed by atoms with Crippen molar-refractivity contribution in [2.24, 2.45) is 5.73 Å². The normalized spacial score (nSPS) is 25.6. The van der Waals surface area contributed by atoms with Crippen LogP contribution in [0.15, 0.2) is 0 Å². The summed E-state index contributed by atoms with van der Waals surface area (Å²) in [6.45, 7) is 3.69. The number of nitrogens with zero attached hydrogens (tertiary/aromatic N) is 1. The molecule has 3 atom stereocenters. The second-order valence-electron chi connectivity index (χ2n) is 4.15. The van der Waals surface area contributed by atoms with Gasteiger partial charge in [-0.1, -0.05) is 0 Å². The lowest BCUT2D eigenvalue weighted by atomic mass is 10.1. The predicted molar refractivity (Wildman–Crippen MR) is 58.2 cm³/mol. The number of aliphatic hydroxyl groups excluding tert-OH is 1. The van der Waals surface area contributed by atoms with Crippen LogP contribution in [0.25, 0.3) is 0 Å². The second kappa shape index (κ2) is 5.27. The molecule has 0 bridgehead atoms. The van der Waals surface area contributed by atoms with Gasteiger partial charge in [-0.3, -0.25) is 9.59 Å². The van der Waals surface area contributed by atoms with Crippen LogP contribution in [0, 0.1) is 0 Å². The number of nitrogens with one attached hydrogen (secondary N) is 1. The minimum atomic E-state index is -0.933. The Balaban J connectivity index is 2.70. The van der Waals surface area contributed by atoms with Crippen LogP contribution in [-0.2, 0) is 9.59 Å². The van der Waals surface area contributed by atoms with Crippen molar-refractivity contribution in [1.29, 1.82) is 0 Å². The summed E-state index contributed by atoms with van der Waals surface area (Å²) < 4.78 is 0. The molecule has 2 amide bonds. The van der Waals surface area contributed by atoms with Crippen molar-refractivity contribution in [2.45, 2.75) is 45.0 Å². The van der Waals surface area contributed by atoms with Gasteiger partial charge in [0.2, 0.25) is 11.8 Å². The summed E-state index contributed by atoms with van der Waals surface area (Å²) in [5, 5.41) is 12.0. The molecule has 1 heterocycles. The zero-order chi connectivity index (χ0) is 12.3. The summed E-state index contributed by atoms with van der Waals surface area (Å²) in [5.74, 6) is -0.391. The molecule has 1 saturated heterocycles. The maximum absolute atomic E-state index is 11.9. The van der Waals surface area contributed by atoms with Gasteiger partial charge in [-0.2, -0.15) is 0 Å². The topological polar surface area (TPSA) is 95.7 Å². The van der Waals surface area contributed by atoms with Crippen LogP contribution in [0.1, 0.15) is 26.7 Å². The summed E-state index contributed by atoms with van der Waals surface area (Å²) in [6, 6.07) is -0.933. The molecule has 1 fully saturated rings. The lowest BCUT2D eigenvalue weighted by Gasteiger charge is -2.30. The summed E-state index contributed by atoms with van der Waals surface area (Å²) in [5.41, 5.74) is 5.58. The number of hydrogen-bond acceptors (Lipinski definition) is 4. The molecule has 0 aromatic carbocycles. The van der Waals surface area contributed by atoms with E-state index in [2.05, 4.69) is 5.32 Å². The number of hydrogen-bond donors (Lipinski definition) is 3. The van der Waals surface area contributed by atoms with E-state index in [1.165, 1.54) is 11.8 Å². The highest BCUT2D eigenvalue weighted by molar-refractivity contribution is 5.84. The van der Waals surface area contributed by atoms with E-state index in [1.807, 2.05) is 0 Å². The quantitative estimate of drug-likeness (QED) is 0.553. The molecule has 0 spiro atoms. The number of aliphatic hydroxyl groups is 1. The standard InChI is InChI=1S/C10H19N3O3/c1-6(14)9(11)10(16)13-5-3-4-8(15)12-7(13)2/h6-7,9,14H,3-5,11H2,1-2H3,(H,12,15). The van der Waals surface area contributed by atoms with Crippen molar-refractivity contribution in [3.63, 3.8) is 0 Å². The Bertz CT molecular complexity index is 280. The number of carbonyl (C=O) groups is 2. The Morgan fingerprint density at radius 3 is 2.88 bits per heavy atom. The monoisotopic (exact) mass is 229 g/mol. The fraction of sp³-hybridized carbons (Fsp3) is 0.800. The summed E-state index contributed by atoms with van der Waals surface area (Å²) in [7, 11) is 0. The van der Waals surface area contributed by atoms with Gasteiger partial charge in [-0.25, -0.2) is 0 Å². The third-order valence-electron chi connectivity index (χ3n) is 2.73. The van der Waals surface area contributed by atoms with E-state index >= 15 is 0 Å². The molecule has 0 aromatic heterocycles. The molecule has 4 N–H and O–H groups in total. The average Bonchev–Trinajstić information content (AvgIpc) is 2.37. The van der Waals surface area contributed by atoms with Crippen LogP contribution in [-0.4, -0.2) is 46.7 Å². The van der Waals surface area contributed by atoms with Gasteiger partial charge in [-0.15, -0.1) is 0 Å². The first-order valence-electron chi connectivity index (χ1n) is 5.47. The second-order valence-corrected chi connectivity index (χ2v) is 4.15. The Hall–Kier alpha value is -1.14. The van der Waals surface area contributed by atoms with Crippen LogP contribution < -0.4 is 11.1 Å². The highest BCUT2D eigenvalue weighted by Gasteiger charge is 2.30. The van der Waals surface area contributed by atoms with Crippen LogP contribution in [0.5, 0.6) is 0 Å². The number of carbonyl (C=O) groups excluding carboxylic acids is 2. The van der Waals surface area contributed by atoms with Crippen molar-refractivity contribution >= 4 is 11.8 Å². The highest BCUT2D eigenvalue weighted by atomic mass is 16.3. The van der Waals surface area contributed by atoms with Crippen molar-refractivity contribution < 1.29 is 14.7 Å². The zero-order valence-corrected chi connectivity index (χ0v) is 9.64. The number of nitrogens with two attached hydrogens (primary N) is 1. The lowest BCUT2D eigenvalue weighted by Crippen LogP contribution is -2.55. The van der Waals surface area contributed by atoms with Crippen molar-refractivity contribution in [2.75, 3.05) is 6.54 Å². The fourth-order valence-electron chi connectivity index (χ4n) is 1.69. The van der Waals surface area contributed by atoms with Crippen molar-refractivity contribution in [3.8, 4) is 0 Å². The molecule has 92 valence electrons.